The molecule has 0 saturated carbocycles. The first kappa shape index (κ1) is 16.9. The van der Waals surface area contributed by atoms with Crippen LogP contribution in [0.1, 0.15) is 12.8 Å². The molecule has 1 nitrogen and oxygen atoms in total. The Morgan fingerprint density at radius 3 is 1.25 bits per heavy atom. The topological polar surface area (TPSA) is 26.0 Å². The molecule has 0 unspecified atom stereocenters. The van der Waals surface area contributed by atoms with E-state index in [-0.39, 0.29) is 0 Å². The van der Waals surface area contributed by atoms with Gasteiger partial charge in [-0.05, 0) is 0 Å². The van der Waals surface area contributed by atoms with E-state index in [1.807, 2.05) is 0 Å². The van der Waals surface area contributed by atoms with Gasteiger partial charge in [-0.25, -0.2) is 0 Å². The molecule has 3 rings (SSSR count). The first-order valence-corrected chi connectivity index (χ1v) is 11.0. The Balaban J connectivity index is 2.20. The zero-order chi connectivity index (χ0) is 16.7. The Morgan fingerprint density at radius 1 is 0.542 bits per heavy atom. The van der Waals surface area contributed by atoms with Gasteiger partial charge >= 0.3 is 145 Å². The molecular formula is C22H26NP. The van der Waals surface area contributed by atoms with Gasteiger partial charge in [-0.1, -0.05) is 0 Å². The van der Waals surface area contributed by atoms with E-state index in [0.717, 1.165) is 13.0 Å². The van der Waals surface area contributed by atoms with Crippen molar-refractivity contribution in [2.75, 3.05) is 12.7 Å². The van der Waals surface area contributed by atoms with Crippen LogP contribution in [-0.4, -0.2) is 12.7 Å². The molecule has 0 heterocycles. The van der Waals surface area contributed by atoms with Crippen LogP contribution in [0.15, 0.2) is 91.0 Å². The molecule has 0 saturated heterocycles. The molecule has 0 aliphatic rings. The van der Waals surface area contributed by atoms with Crippen LogP contribution in [0.4, 0.5) is 0 Å². The molecule has 0 aromatic heterocycles. The summed E-state index contributed by atoms with van der Waals surface area (Å²) in [5.74, 6) is 0. The van der Waals surface area contributed by atoms with Crippen molar-refractivity contribution in [3.05, 3.63) is 91.0 Å². The van der Waals surface area contributed by atoms with Crippen molar-refractivity contribution in [2.24, 2.45) is 5.73 Å². The molecule has 2 heteroatoms. The molecule has 124 valence electrons. The van der Waals surface area contributed by atoms with Gasteiger partial charge in [0.2, 0.25) is 0 Å². The molecule has 0 amide bonds. The number of nitrogens with two attached hydrogens (primary N) is 1. The molecule has 0 radical (unpaired) electrons. The summed E-state index contributed by atoms with van der Waals surface area (Å²) in [4.78, 5) is 0. The third kappa shape index (κ3) is 3.43. The molecule has 0 spiro atoms. The van der Waals surface area contributed by atoms with E-state index >= 15 is 0 Å². The van der Waals surface area contributed by atoms with Gasteiger partial charge < -0.3 is 0 Å². The second-order valence-electron chi connectivity index (χ2n) is 6.25. The van der Waals surface area contributed by atoms with Gasteiger partial charge in [0, 0.05) is 0 Å². The monoisotopic (exact) mass is 335 g/mol. The van der Waals surface area contributed by atoms with Crippen LogP contribution < -0.4 is 21.6 Å². The quantitative estimate of drug-likeness (QED) is 0.519. The Morgan fingerprint density at radius 2 is 0.917 bits per heavy atom. The third-order valence-electron chi connectivity index (χ3n) is 4.81. The molecule has 0 bridgehead atoms. The number of benzene rings is 3. The van der Waals surface area contributed by atoms with Crippen LogP contribution in [0.2, 0.25) is 0 Å². The first-order valence-electron chi connectivity index (χ1n) is 8.74. The van der Waals surface area contributed by atoms with Crippen LogP contribution in [-0.2, 0) is 0 Å². The van der Waals surface area contributed by atoms with Gasteiger partial charge in [-0.15, -0.1) is 0 Å². The first-order chi connectivity index (χ1) is 11.9. The van der Waals surface area contributed by atoms with Crippen LogP contribution in [0.25, 0.3) is 0 Å². The van der Waals surface area contributed by atoms with Crippen LogP contribution in [0, 0.1) is 0 Å². The number of hydrogen-bond acceptors (Lipinski definition) is 1. The molecule has 2 N–H and O–H groups in total. The van der Waals surface area contributed by atoms with Crippen molar-refractivity contribution in [1.82, 2.24) is 0 Å². The van der Waals surface area contributed by atoms with Gasteiger partial charge in [0.15, 0.2) is 0 Å². The number of unbranched alkanes of at least 4 members (excludes halogenated alkanes) is 1. The van der Waals surface area contributed by atoms with E-state index < -0.39 is 7.26 Å². The van der Waals surface area contributed by atoms with Crippen molar-refractivity contribution in [2.45, 2.75) is 12.8 Å². The Bertz CT molecular complexity index is 629. The summed E-state index contributed by atoms with van der Waals surface area (Å²) in [6.07, 6.45) is 3.45. The normalized spacial score (nSPS) is 12.0. The van der Waals surface area contributed by atoms with E-state index in [1.54, 1.807) is 0 Å². The summed E-state index contributed by atoms with van der Waals surface area (Å²) in [6, 6.07) is 33.2. The maximum atomic E-state index is 5.79. The fourth-order valence-corrected chi connectivity index (χ4v) is 8.57. The van der Waals surface area contributed by atoms with Gasteiger partial charge in [-0.2, -0.15) is 0 Å². The van der Waals surface area contributed by atoms with Crippen molar-refractivity contribution in [3.8, 4) is 0 Å². The van der Waals surface area contributed by atoms with Gasteiger partial charge in [0.1, 0.15) is 0 Å². The average molecular weight is 335 g/mol. The predicted molar refractivity (Wildman–Crippen MR) is 110 cm³/mol. The third-order valence-corrected chi connectivity index (χ3v) is 9.87. The predicted octanol–water partition coefficient (Wildman–Crippen LogP) is 3.45. The number of rotatable bonds is 7. The number of hydrogen-bond donors (Lipinski definition) is 1. The van der Waals surface area contributed by atoms with Gasteiger partial charge in [0.05, 0.1) is 0 Å². The van der Waals surface area contributed by atoms with Crippen molar-refractivity contribution < 1.29 is 0 Å². The average Bonchev–Trinajstić information content (AvgIpc) is 2.68. The summed E-state index contributed by atoms with van der Waals surface area (Å²) >= 11 is 0. The molecule has 0 atom stereocenters. The molecule has 0 fully saturated rings. The molecule has 3 aromatic carbocycles. The second-order valence-corrected chi connectivity index (χ2v) is 10.3. The van der Waals surface area contributed by atoms with E-state index in [2.05, 4.69) is 91.0 Å². The summed E-state index contributed by atoms with van der Waals surface area (Å²) in [5.41, 5.74) is 5.79. The van der Waals surface area contributed by atoms with E-state index in [0.29, 0.717) is 0 Å². The SMILES string of the molecule is NCCCC[PH](c1ccccc1)(c1ccccc1)c1ccccc1. The van der Waals surface area contributed by atoms with Gasteiger partial charge in [-0.3, -0.25) is 0 Å². The fourth-order valence-electron chi connectivity index (χ4n) is 3.64. The summed E-state index contributed by atoms with van der Waals surface area (Å²) in [5, 5.41) is 4.46. The Labute approximate surface area is 145 Å². The zero-order valence-electron chi connectivity index (χ0n) is 14.1. The standard InChI is InChI=1S/C22H26NP/c23-18-10-11-19-24(20-12-4-1-5-13-20,21-14-6-2-7-15-21)22-16-8-3-9-17-22/h1-9,12-17,24H,10-11,18-19,23H2. The van der Waals surface area contributed by atoms with Gasteiger partial charge in [0.25, 0.3) is 0 Å². The molecule has 24 heavy (non-hydrogen) atoms. The zero-order valence-corrected chi connectivity index (χ0v) is 15.1. The molecule has 3 aromatic rings. The van der Waals surface area contributed by atoms with Crippen LogP contribution in [0.5, 0.6) is 0 Å². The minimum absolute atomic E-state index is 0.767. The Kier molecular flexibility index (Phi) is 5.80. The van der Waals surface area contributed by atoms with E-state index in [9.17, 15) is 0 Å². The van der Waals surface area contributed by atoms with Crippen molar-refractivity contribution in [3.63, 3.8) is 0 Å². The summed E-state index contributed by atoms with van der Waals surface area (Å²) in [7, 11) is -2.02. The maximum absolute atomic E-state index is 5.79. The molecule has 0 aliphatic heterocycles. The Hall–Kier alpha value is -1.95. The van der Waals surface area contributed by atoms with E-state index in [4.69, 9.17) is 5.73 Å². The molecule has 0 aliphatic carbocycles. The minimum atomic E-state index is -2.02. The summed E-state index contributed by atoms with van der Waals surface area (Å²) < 4.78 is 0. The van der Waals surface area contributed by atoms with Crippen LogP contribution >= 0.6 is 7.26 Å². The molecular weight excluding hydrogens is 309 g/mol. The van der Waals surface area contributed by atoms with Crippen LogP contribution in [0.3, 0.4) is 0 Å². The fraction of sp³-hybridized carbons (Fsp3) is 0.182. The van der Waals surface area contributed by atoms with Crippen molar-refractivity contribution >= 4 is 23.2 Å². The summed E-state index contributed by atoms with van der Waals surface area (Å²) in [6.45, 7) is 0.767. The van der Waals surface area contributed by atoms with E-state index in [1.165, 1.54) is 28.5 Å². The van der Waals surface area contributed by atoms with Crippen molar-refractivity contribution in [1.29, 1.82) is 0 Å². The second kappa shape index (κ2) is 8.24.